The van der Waals surface area contributed by atoms with Gasteiger partial charge in [0.15, 0.2) is 5.69 Å². The van der Waals surface area contributed by atoms with Gasteiger partial charge in [-0.25, -0.2) is 14.6 Å². The molecule has 0 spiro atoms. The van der Waals surface area contributed by atoms with Gasteiger partial charge in [0.2, 0.25) is 0 Å². The molecule has 0 bridgehead atoms. The maximum absolute atomic E-state index is 11.9. The fraction of sp³-hybridized carbons (Fsp3) is 0.583. The van der Waals surface area contributed by atoms with Crippen LogP contribution >= 0.6 is 11.3 Å². The third kappa shape index (κ3) is 4.78. The lowest BCUT2D eigenvalue weighted by atomic mass is 10.4. The monoisotopic (exact) mass is 301 g/mol. The summed E-state index contributed by atoms with van der Waals surface area (Å²) < 4.78 is 9.58. The Morgan fingerprint density at radius 1 is 1.45 bits per heavy atom. The first-order chi connectivity index (χ1) is 9.62. The van der Waals surface area contributed by atoms with E-state index in [9.17, 15) is 9.59 Å². The molecule has 1 rings (SSSR count). The van der Waals surface area contributed by atoms with Crippen molar-refractivity contribution >= 4 is 23.3 Å². The van der Waals surface area contributed by atoms with E-state index in [0.717, 1.165) is 0 Å². The van der Waals surface area contributed by atoms with E-state index in [0.29, 0.717) is 31.2 Å². The Balaban J connectivity index is 2.70. The van der Waals surface area contributed by atoms with Gasteiger partial charge in [0.1, 0.15) is 5.01 Å². The Morgan fingerprint density at radius 3 is 2.80 bits per heavy atom. The van der Waals surface area contributed by atoms with E-state index in [-0.39, 0.29) is 11.7 Å². The third-order valence-corrected chi connectivity index (χ3v) is 3.29. The summed E-state index contributed by atoms with van der Waals surface area (Å²) in [5.74, 6) is -0.478. The van der Waals surface area contributed by atoms with E-state index < -0.39 is 5.97 Å². The van der Waals surface area contributed by atoms with Gasteiger partial charge in [0, 0.05) is 25.6 Å². The van der Waals surface area contributed by atoms with E-state index in [1.54, 1.807) is 17.4 Å². The van der Waals surface area contributed by atoms with Crippen LogP contribution in [-0.4, -0.2) is 55.8 Å². The maximum atomic E-state index is 11.9. The lowest BCUT2D eigenvalue weighted by Gasteiger charge is -2.21. The van der Waals surface area contributed by atoms with Crippen molar-refractivity contribution in [2.75, 3.05) is 33.9 Å². The minimum absolute atomic E-state index is 0.181. The van der Waals surface area contributed by atoms with E-state index >= 15 is 0 Å². The summed E-state index contributed by atoms with van der Waals surface area (Å²) in [5.41, 5.74) is 0.259. The number of nitrogens with one attached hydrogen (secondary N) is 1. The lowest BCUT2D eigenvalue weighted by Crippen LogP contribution is -2.41. The van der Waals surface area contributed by atoms with Crippen molar-refractivity contribution in [2.24, 2.45) is 0 Å². The molecule has 0 atom stereocenters. The number of urea groups is 1. The van der Waals surface area contributed by atoms with Crippen LogP contribution in [0.25, 0.3) is 0 Å². The zero-order chi connectivity index (χ0) is 15.0. The molecule has 0 fully saturated rings. The van der Waals surface area contributed by atoms with E-state index in [4.69, 9.17) is 4.74 Å². The number of esters is 1. The summed E-state index contributed by atoms with van der Waals surface area (Å²) in [7, 11) is 2.88. The Bertz CT molecular complexity index is 450. The standard InChI is InChI=1S/C12H19N3O4S/c1-4-13-12(17)15(5-6-18-2)7-10-14-9(8-20-10)11(16)19-3/h8H,4-7H2,1-3H3,(H,13,17). The summed E-state index contributed by atoms with van der Waals surface area (Å²) in [6.07, 6.45) is 0. The smallest absolute Gasteiger partial charge is 0.357 e. The first-order valence-electron chi connectivity index (χ1n) is 6.16. The lowest BCUT2D eigenvalue weighted by molar-refractivity contribution is 0.0594. The molecule has 0 aliphatic carbocycles. The van der Waals surface area contributed by atoms with Crippen LogP contribution in [-0.2, 0) is 16.0 Å². The molecule has 0 saturated carbocycles. The molecule has 20 heavy (non-hydrogen) atoms. The average molecular weight is 301 g/mol. The summed E-state index contributed by atoms with van der Waals surface area (Å²) >= 11 is 1.32. The van der Waals surface area contributed by atoms with E-state index in [1.807, 2.05) is 6.92 Å². The van der Waals surface area contributed by atoms with Gasteiger partial charge in [-0.05, 0) is 6.92 Å². The first-order valence-corrected chi connectivity index (χ1v) is 7.04. The summed E-state index contributed by atoms with van der Waals surface area (Å²) in [6.45, 7) is 3.62. The Labute approximate surface area is 121 Å². The topological polar surface area (TPSA) is 80.8 Å². The quantitative estimate of drug-likeness (QED) is 0.763. The van der Waals surface area contributed by atoms with Crippen molar-refractivity contribution in [1.82, 2.24) is 15.2 Å². The summed E-state index contributed by atoms with van der Waals surface area (Å²) in [6, 6.07) is -0.181. The van der Waals surface area contributed by atoms with E-state index in [2.05, 4.69) is 15.0 Å². The van der Waals surface area contributed by atoms with Crippen molar-refractivity contribution in [3.63, 3.8) is 0 Å². The highest BCUT2D eigenvalue weighted by Gasteiger charge is 2.16. The number of aromatic nitrogens is 1. The molecular formula is C12H19N3O4S. The molecule has 2 amide bonds. The molecule has 0 aliphatic heterocycles. The normalized spacial score (nSPS) is 10.2. The minimum Gasteiger partial charge on any atom is -0.464 e. The Kier molecular flexibility index (Phi) is 6.96. The van der Waals surface area contributed by atoms with Gasteiger partial charge in [0.25, 0.3) is 0 Å². The number of ether oxygens (including phenoxy) is 2. The van der Waals surface area contributed by atoms with Crippen LogP contribution in [0, 0.1) is 0 Å². The molecule has 0 unspecified atom stereocenters. The van der Waals surface area contributed by atoms with Gasteiger partial charge in [-0.1, -0.05) is 0 Å². The SMILES string of the molecule is CCNC(=O)N(CCOC)Cc1nc(C(=O)OC)cs1. The summed E-state index contributed by atoms with van der Waals surface area (Å²) in [4.78, 5) is 29.0. The highest BCUT2D eigenvalue weighted by atomic mass is 32.1. The highest BCUT2D eigenvalue weighted by Crippen LogP contribution is 2.13. The zero-order valence-electron chi connectivity index (χ0n) is 11.8. The molecule has 1 aromatic heterocycles. The molecule has 1 aromatic rings. The number of rotatable bonds is 7. The van der Waals surface area contributed by atoms with Crippen molar-refractivity contribution in [3.8, 4) is 0 Å². The van der Waals surface area contributed by atoms with Crippen molar-refractivity contribution in [2.45, 2.75) is 13.5 Å². The fourth-order valence-corrected chi connectivity index (χ4v) is 2.24. The molecule has 8 heteroatoms. The average Bonchev–Trinajstić information content (AvgIpc) is 2.91. The largest absolute Gasteiger partial charge is 0.464 e. The van der Waals surface area contributed by atoms with Crippen LogP contribution in [0.15, 0.2) is 5.38 Å². The molecule has 0 saturated heterocycles. The van der Waals surface area contributed by atoms with Gasteiger partial charge < -0.3 is 19.7 Å². The van der Waals surface area contributed by atoms with Crippen LogP contribution in [0.5, 0.6) is 0 Å². The fourth-order valence-electron chi connectivity index (χ4n) is 1.46. The van der Waals surface area contributed by atoms with Crippen molar-refractivity contribution < 1.29 is 19.1 Å². The molecule has 112 valence electrons. The van der Waals surface area contributed by atoms with Crippen molar-refractivity contribution in [1.29, 1.82) is 0 Å². The van der Waals surface area contributed by atoms with Gasteiger partial charge in [-0.15, -0.1) is 11.3 Å². The van der Waals surface area contributed by atoms with Gasteiger partial charge in [-0.2, -0.15) is 0 Å². The van der Waals surface area contributed by atoms with Crippen LogP contribution in [0.3, 0.4) is 0 Å². The molecule has 7 nitrogen and oxygen atoms in total. The molecular weight excluding hydrogens is 282 g/mol. The van der Waals surface area contributed by atoms with Gasteiger partial charge in [0.05, 0.1) is 20.3 Å². The number of thiazole rings is 1. The van der Waals surface area contributed by atoms with Crippen LogP contribution < -0.4 is 5.32 Å². The zero-order valence-corrected chi connectivity index (χ0v) is 12.7. The van der Waals surface area contributed by atoms with Crippen molar-refractivity contribution in [3.05, 3.63) is 16.1 Å². The number of carbonyl (C=O) groups is 2. The third-order valence-electron chi connectivity index (χ3n) is 2.45. The number of nitrogens with zero attached hydrogens (tertiary/aromatic N) is 2. The van der Waals surface area contributed by atoms with Gasteiger partial charge in [-0.3, -0.25) is 0 Å². The first kappa shape index (κ1) is 16.4. The highest BCUT2D eigenvalue weighted by molar-refractivity contribution is 7.09. The van der Waals surface area contributed by atoms with Crippen LogP contribution in [0.1, 0.15) is 22.4 Å². The predicted octanol–water partition coefficient (Wildman–Crippen LogP) is 1.11. The van der Waals surface area contributed by atoms with Crippen LogP contribution in [0.2, 0.25) is 0 Å². The Morgan fingerprint density at radius 2 is 2.20 bits per heavy atom. The second kappa shape index (κ2) is 8.49. The maximum Gasteiger partial charge on any atom is 0.357 e. The number of carbonyl (C=O) groups excluding carboxylic acids is 2. The van der Waals surface area contributed by atoms with E-state index in [1.165, 1.54) is 18.4 Å². The molecule has 0 radical (unpaired) electrons. The number of hydrogen-bond acceptors (Lipinski definition) is 6. The predicted molar refractivity (Wildman–Crippen MR) is 74.8 cm³/mol. The second-order valence-corrected chi connectivity index (χ2v) is 4.81. The number of hydrogen-bond donors (Lipinski definition) is 1. The van der Waals surface area contributed by atoms with Gasteiger partial charge >= 0.3 is 12.0 Å². The molecule has 0 aliphatic rings. The number of amides is 2. The summed E-state index contributed by atoms with van der Waals surface area (Å²) in [5, 5.41) is 5.02. The molecule has 1 heterocycles. The molecule has 0 aromatic carbocycles. The minimum atomic E-state index is -0.478. The second-order valence-electron chi connectivity index (χ2n) is 3.87. The Hall–Kier alpha value is -1.67. The van der Waals surface area contributed by atoms with Crippen LogP contribution in [0.4, 0.5) is 4.79 Å². The molecule has 1 N–H and O–H groups in total. The number of methoxy groups -OCH3 is 2.